The van der Waals surface area contributed by atoms with Gasteiger partial charge < -0.3 is 19.7 Å². The van der Waals surface area contributed by atoms with Crippen LogP contribution in [-0.4, -0.2) is 66.1 Å². The van der Waals surface area contributed by atoms with Crippen molar-refractivity contribution in [1.82, 2.24) is 15.1 Å². The number of nitrogens with one attached hydrogen (secondary N) is 1. The molecule has 9 heteroatoms. The lowest BCUT2D eigenvalue weighted by atomic mass is 9.96. The average molecular weight is 548 g/mol. The van der Waals surface area contributed by atoms with Gasteiger partial charge in [0.1, 0.15) is 17.5 Å². The summed E-state index contributed by atoms with van der Waals surface area (Å²) in [7, 11) is 1.54. The quantitative estimate of drug-likeness (QED) is 0.501. The van der Waals surface area contributed by atoms with E-state index < -0.39 is 11.8 Å². The van der Waals surface area contributed by atoms with Gasteiger partial charge >= 0.3 is 0 Å². The topological polar surface area (TPSA) is 88.2 Å². The summed E-state index contributed by atoms with van der Waals surface area (Å²) in [5.74, 6) is -0.166. The highest BCUT2D eigenvalue weighted by molar-refractivity contribution is 6.30. The lowest BCUT2D eigenvalue weighted by Crippen LogP contribution is -2.59. The van der Waals surface area contributed by atoms with E-state index in [2.05, 4.69) is 5.32 Å². The molecule has 2 saturated heterocycles. The summed E-state index contributed by atoms with van der Waals surface area (Å²) in [4.78, 5) is 43.8. The number of hydrogen-bond acceptors (Lipinski definition) is 5. The van der Waals surface area contributed by atoms with Gasteiger partial charge in [0.15, 0.2) is 0 Å². The summed E-state index contributed by atoms with van der Waals surface area (Å²) in [5, 5.41) is 3.52. The van der Waals surface area contributed by atoms with E-state index in [0.717, 1.165) is 5.56 Å². The van der Waals surface area contributed by atoms with Gasteiger partial charge in [-0.05, 0) is 48.0 Å². The number of rotatable bonds is 6. The van der Waals surface area contributed by atoms with Gasteiger partial charge in [-0.25, -0.2) is 0 Å². The number of carbonyl (C=O) groups is 3. The molecule has 1 atom stereocenters. The molecule has 3 aromatic carbocycles. The van der Waals surface area contributed by atoms with Gasteiger partial charge in [0.05, 0.1) is 13.7 Å². The molecule has 0 aliphatic carbocycles. The highest BCUT2D eigenvalue weighted by Gasteiger charge is 2.54. The number of amides is 3. The number of ether oxygens (including phenoxy) is 2. The fraction of sp³-hybridized carbons (Fsp3) is 0.300. The Bertz CT molecular complexity index is 1340. The first-order valence-corrected chi connectivity index (χ1v) is 13.3. The van der Waals surface area contributed by atoms with Gasteiger partial charge in [0, 0.05) is 48.6 Å². The summed E-state index contributed by atoms with van der Waals surface area (Å²) < 4.78 is 11.6. The van der Waals surface area contributed by atoms with Crippen LogP contribution in [0.25, 0.3) is 0 Å². The molecule has 0 unspecified atom stereocenters. The van der Waals surface area contributed by atoms with Gasteiger partial charge in [-0.2, -0.15) is 0 Å². The van der Waals surface area contributed by atoms with Gasteiger partial charge in [-0.1, -0.05) is 48.0 Å². The maximum absolute atomic E-state index is 14.0. The standard InChI is InChI=1S/C30H30ClN3O5/c1-38-25-9-5-8-23(18-25)29(37)34-26(27(35)32-19-21-6-3-2-4-7-21)20-39-30(34)14-16-33(17-15-30)28(36)22-10-12-24(31)13-11-22/h2-13,18,26H,14-17,19-20H2,1H3,(H,32,35)/t26-/m1/s1. The van der Waals surface area contributed by atoms with Crippen LogP contribution in [0, 0.1) is 0 Å². The predicted molar refractivity (Wildman–Crippen MR) is 147 cm³/mol. The van der Waals surface area contributed by atoms with Crippen molar-refractivity contribution in [3.05, 3.63) is 101 Å². The van der Waals surface area contributed by atoms with E-state index in [0.29, 0.717) is 54.4 Å². The zero-order valence-electron chi connectivity index (χ0n) is 21.6. The Morgan fingerprint density at radius 3 is 2.36 bits per heavy atom. The SMILES string of the molecule is COc1cccc(C(=O)N2[C@@H](C(=O)NCc3ccccc3)COC23CCN(C(=O)c2ccc(Cl)cc2)CC3)c1. The predicted octanol–water partition coefficient (Wildman–Crippen LogP) is 4.14. The second kappa shape index (κ2) is 11.5. The minimum Gasteiger partial charge on any atom is -0.497 e. The summed E-state index contributed by atoms with van der Waals surface area (Å²) in [6, 6.07) is 22.4. The third kappa shape index (κ3) is 5.62. The lowest BCUT2D eigenvalue weighted by molar-refractivity contribution is -0.128. The third-order valence-electron chi connectivity index (χ3n) is 7.33. The molecular weight excluding hydrogens is 518 g/mol. The number of halogens is 1. The zero-order chi connectivity index (χ0) is 27.4. The van der Waals surface area contributed by atoms with Crippen LogP contribution in [0.2, 0.25) is 5.02 Å². The van der Waals surface area contributed by atoms with E-state index in [1.54, 1.807) is 58.3 Å². The van der Waals surface area contributed by atoms with E-state index in [1.807, 2.05) is 30.3 Å². The second-order valence-electron chi connectivity index (χ2n) is 9.68. The molecule has 0 radical (unpaired) electrons. The smallest absolute Gasteiger partial charge is 0.257 e. The van der Waals surface area contributed by atoms with Crippen molar-refractivity contribution in [3.8, 4) is 5.75 Å². The first-order chi connectivity index (χ1) is 18.9. The van der Waals surface area contributed by atoms with E-state index >= 15 is 0 Å². The molecule has 2 aliphatic rings. The molecule has 202 valence electrons. The monoisotopic (exact) mass is 547 g/mol. The number of benzene rings is 3. The molecule has 5 rings (SSSR count). The molecule has 2 aliphatic heterocycles. The normalized spacial score (nSPS) is 18.2. The van der Waals surface area contributed by atoms with Crippen LogP contribution >= 0.6 is 11.6 Å². The van der Waals surface area contributed by atoms with Crippen molar-refractivity contribution in [3.63, 3.8) is 0 Å². The lowest BCUT2D eigenvalue weighted by Gasteiger charge is -2.44. The maximum atomic E-state index is 14.0. The van der Waals surface area contributed by atoms with Crippen molar-refractivity contribution in [2.24, 2.45) is 0 Å². The molecule has 0 bridgehead atoms. The minimum atomic E-state index is -1.01. The molecular formula is C30H30ClN3O5. The van der Waals surface area contributed by atoms with E-state index in [-0.39, 0.29) is 24.3 Å². The number of carbonyl (C=O) groups excluding carboxylic acids is 3. The first-order valence-electron chi connectivity index (χ1n) is 12.9. The summed E-state index contributed by atoms with van der Waals surface area (Å²) >= 11 is 5.98. The van der Waals surface area contributed by atoms with E-state index in [1.165, 1.54) is 7.11 Å². The first kappa shape index (κ1) is 26.7. The van der Waals surface area contributed by atoms with Gasteiger partial charge in [-0.3, -0.25) is 19.3 Å². The Kier molecular flexibility index (Phi) is 7.86. The summed E-state index contributed by atoms with van der Waals surface area (Å²) in [6.07, 6.45) is 0.759. The van der Waals surface area contributed by atoms with Crippen LogP contribution in [-0.2, 0) is 16.1 Å². The highest BCUT2D eigenvalue weighted by atomic mass is 35.5. The van der Waals surface area contributed by atoms with Crippen molar-refractivity contribution >= 4 is 29.3 Å². The fourth-order valence-corrected chi connectivity index (χ4v) is 5.33. The second-order valence-corrected chi connectivity index (χ2v) is 10.1. The molecule has 3 aromatic rings. The summed E-state index contributed by atoms with van der Waals surface area (Å²) in [5.41, 5.74) is 0.898. The summed E-state index contributed by atoms with van der Waals surface area (Å²) in [6.45, 7) is 1.17. The van der Waals surface area contributed by atoms with E-state index in [4.69, 9.17) is 21.1 Å². The molecule has 2 heterocycles. The number of hydrogen-bond donors (Lipinski definition) is 1. The molecule has 1 spiro atoms. The van der Waals surface area contributed by atoms with Crippen molar-refractivity contribution in [2.45, 2.75) is 31.2 Å². The fourth-order valence-electron chi connectivity index (χ4n) is 5.20. The van der Waals surface area contributed by atoms with Crippen molar-refractivity contribution < 1.29 is 23.9 Å². The van der Waals surface area contributed by atoms with Gasteiger partial charge in [-0.15, -0.1) is 0 Å². The minimum absolute atomic E-state index is 0.0709. The molecule has 39 heavy (non-hydrogen) atoms. The van der Waals surface area contributed by atoms with Crippen LogP contribution in [0.1, 0.15) is 39.1 Å². The number of nitrogens with zero attached hydrogens (tertiary/aromatic N) is 2. The maximum Gasteiger partial charge on any atom is 0.257 e. The molecule has 2 fully saturated rings. The molecule has 0 aromatic heterocycles. The van der Waals surface area contributed by atoms with Gasteiger partial charge in [0.25, 0.3) is 11.8 Å². The van der Waals surface area contributed by atoms with Crippen molar-refractivity contribution in [1.29, 1.82) is 0 Å². The van der Waals surface area contributed by atoms with Crippen molar-refractivity contribution in [2.75, 3.05) is 26.8 Å². The Hall–Kier alpha value is -3.88. The molecule has 1 N–H and O–H groups in total. The Morgan fingerprint density at radius 2 is 1.67 bits per heavy atom. The van der Waals surface area contributed by atoms with Crippen LogP contribution in [0.5, 0.6) is 5.75 Å². The van der Waals surface area contributed by atoms with E-state index in [9.17, 15) is 14.4 Å². The van der Waals surface area contributed by atoms with Crippen LogP contribution < -0.4 is 10.1 Å². The van der Waals surface area contributed by atoms with Gasteiger partial charge in [0.2, 0.25) is 5.91 Å². The Labute approximate surface area is 232 Å². The number of piperidine rings is 1. The largest absolute Gasteiger partial charge is 0.497 e. The molecule has 0 saturated carbocycles. The third-order valence-corrected chi connectivity index (χ3v) is 7.58. The average Bonchev–Trinajstić information content (AvgIpc) is 3.34. The Morgan fingerprint density at radius 1 is 0.949 bits per heavy atom. The van der Waals surface area contributed by atoms with Crippen LogP contribution in [0.3, 0.4) is 0 Å². The number of methoxy groups -OCH3 is 1. The zero-order valence-corrected chi connectivity index (χ0v) is 22.4. The number of likely N-dealkylation sites (tertiary alicyclic amines) is 1. The Balaban J connectivity index is 1.37. The molecule has 8 nitrogen and oxygen atoms in total. The molecule has 3 amide bonds. The van der Waals surface area contributed by atoms with Crippen LogP contribution in [0.15, 0.2) is 78.9 Å². The highest BCUT2D eigenvalue weighted by Crippen LogP contribution is 2.39. The van der Waals surface area contributed by atoms with Crippen LogP contribution in [0.4, 0.5) is 0 Å².